The summed E-state index contributed by atoms with van der Waals surface area (Å²) in [6.45, 7) is -0.436. The molecule has 0 saturated carbocycles. The molecule has 178 valence electrons. The van der Waals surface area contributed by atoms with Crippen molar-refractivity contribution in [3.05, 3.63) is 47.2 Å². The highest BCUT2D eigenvalue weighted by Gasteiger charge is 2.54. The summed E-state index contributed by atoms with van der Waals surface area (Å²) in [6.07, 6.45) is 0. The number of aliphatic carboxylic acids is 2. The minimum atomic E-state index is -1.27. The summed E-state index contributed by atoms with van der Waals surface area (Å²) >= 11 is 2.39. The Balaban J connectivity index is 1.45. The second-order valence-electron chi connectivity index (χ2n) is 7.34. The molecular weight excluding hydrogens is 486 g/mol. The van der Waals surface area contributed by atoms with Gasteiger partial charge in [-0.25, -0.2) is 9.48 Å². The molecule has 2 amide bonds. The number of nitrogens with two attached hydrogens (primary N) is 1. The Morgan fingerprint density at radius 1 is 1.26 bits per heavy atom. The molecule has 2 aliphatic rings. The summed E-state index contributed by atoms with van der Waals surface area (Å²) in [5.41, 5.74) is 6.90. The fourth-order valence-electron chi connectivity index (χ4n) is 3.53. The smallest absolute Gasteiger partial charge is 0.352 e. The largest absolute Gasteiger partial charge is 0.480 e. The zero-order valence-corrected chi connectivity index (χ0v) is 19.0. The van der Waals surface area contributed by atoms with E-state index in [1.165, 1.54) is 11.8 Å². The number of aromatic nitrogens is 4. The van der Waals surface area contributed by atoms with Crippen molar-refractivity contribution < 1.29 is 29.4 Å². The standard InChI is InChI=1S/C19H19N7O6S2/c20-12(9-4-2-1-3-5-9)15(29)21-13-16(30)26-14(18(31)32)10(7-33-17(13)26)8-34-19-22-23-24-25(19)6-11(27)28/h1-5,12-13,17H,6-8,20H2,(H,21,29)(H,27,28)(H,31,32)/t12?,13?,17-/m1/s1. The summed E-state index contributed by atoms with van der Waals surface area (Å²) in [7, 11) is 0. The number of amides is 2. The predicted octanol–water partition coefficient (Wildman–Crippen LogP) is -0.712. The van der Waals surface area contributed by atoms with Crippen molar-refractivity contribution in [2.75, 3.05) is 11.5 Å². The van der Waals surface area contributed by atoms with Crippen LogP contribution >= 0.6 is 23.5 Å². The van der Waals surface area contributed by atoms with Gasteiger partial charge in [-0.1, -0.05) is 42.1 Å². The highest BCUT2D eigenvalue weighted by atomic mass is 32.2. The van der Waals surface area contributed by atoms with Gasteiger partial charge in [0.25, 0.3) is 5.91 Å². The molecule has 13 nitrogen and oxygen atoms in total. The molecule has 0 bridgehead atoms. The van der Waals surface area contributed by atoms with Gasteiger partial charge in [0.15, 0.2) is 0 Å². The van der Waals surface area contributed by atoms with Crippen LogP contribution in [0.25, 0.3) is 0 Å². The van der Waals surface area contributed by atoms with Crippen LogP contribution in [0.1, 0.15) is 11.6 Å². The van der Waals surface area contributed by atoms with Crippen molar-refractivity contribution >= 4 is 47.3 Å². The summed E-state index contributed by atoms with van der Waals surface area (Å²) in [4.78, 5) is 49.5. The maximum absolute atomic E-state index is 12.8. The van der Waals surface area contributed by atoms with E-state index in [1.54, 1.807) is 30.3 Å². The van der Waals surface area contributed by atoms with Crippen LogP contribution in [-0.2, 0) is 25.7 Å². The van der Waals surface area contributed by atoms with Crippen LogP contribution in [0.5, 0.6) is 0 Å². The first-order valence-corrected chi connectivity index (χ1v) is 11.9. The Morgan fingerprint density at radius 3 is 2.68 bits per heavy atom. The summed E-state index contributed by atoms with van der Waals surface area (Å²) < 4.78 is 1.09. The molecule has 3 atom stereocenters. The van der Waals surface area contributed by atoms with E-state index in [2.05, 4.69) is 20.8 Å². The lowest BCUT2D eigenvalue weighted by atomic mass is 10.0. The number of benzene rings is 1. The molecule has 1 aromatic heterocycles. The van der Waals surface area contributed by atoms with Gasteiger partial charge in [0, 0.05) is 11.5 Å². The molecule has 2 aromatic rings. The quantitative estimate of drug-likeness (QED) is 0.247. The summed E-state index contributed by atoms with van der Waals surface area (Å²) in [6, 6.07) is 6.85. The van der Waals surface area contributed by atoms with E-state index < -0.39 is 47.8 Å². The second-order valence-corrected chi connectivity index (χ2v) is 9.39. The fourth-order valence-corrected chi connectivity index (χ4v) is 5.89. The molecule has 4 rings (SSSR count). The number of tetrazole rings is 1. The fraction of sp³-hybridized carbons (Fsp3) is 0.316. The van der Waals surface area contributed by atoms with E-state index in [4.69, 9.17) is 10.8 Å². The average Bonchev–Trinajstić information content (AvgIpc) is 3.26. The van der Waals surface area contributed by atoms with Crippen molar-refractivity contribution in [1.82, 2.24) is 30.4 Å². The Hall–Kier alpha value is -3.43. The number of thioether (sulfide) groups is 2. The number of β-lactam (4-membered cyclic amide) rings is 1. The second kappa shape index (κ2) is 9.82. The van der Waals surface area contributed by atoms with E-state index in [9.17, 15) is 24.3 Å². The third-order valence-corrected chi connectivity index (χ3v) is 7.53. The highest BCUT2D eigenvalue weighted by Crippen LogP contribution is 2.41. The van der Waals surface area contributed by atoms with Crippen LogP contribution in [-0.4, -0.2) is 82.0 Å². The minimum absolute atomic E-state index is 0.140. The Labute approximate surface area is 200 Å². The minimum Gasteiger partial charge on any atom is -0.480 e. The van der Waals surface area contributed by atoms with Crippen molar-refractivity contribution in [2.24, 2.45) is 5.73 Å². The van der Waals surface area contributed by atoms with Crippen LogP contribution in [0.4, 0.5) is 0 Å². The Bertz CT molecular complexity index is 1170. The summed E-state index contributed by atoms with van der Waals surface area (Å²) in [5, 5.41) is 31.8. The average molecular weight is 506 g/mol. The Kier molecular flexibility index (Phi) is 6.85. The molecule has 5 N–H and O–H groups in total. The monoisotopic (exact) mass is 505 g/mol. The number of fused-ring (bicyclic) bond motifs is 1. The number of carbonyl (C=O) groups is 4. The number of hydrogen-bond donors (Lipinski definition) is 4. The van der Waals surface area contributed by atoms with Crippen LogP contribution in [0.15, 0.2) is 46.8 Å². The number of nitrogens with zero attached hydrogens (tertiary/aromatic N) is 5. The van der Waals surface area contributed by atoms with Gasteiger partial charge < -0.3 is 21.3 Å². The molecule has 2 aliphatic heterocycles. The molecule has 0 spiro atoms. The number of carboxylic acids is 2. The van der Waals surface area contributed by atoms with Crippen molar-refractivity contribution in [3.63, 3.8) is 0 Å². The van der Waals surface area contributed by atoms with Gasteiger partial charge in [-0.2, -0.15) is 0 Å². The van der Waals surface area contributed by atoms with Crippen LogP contribution in [0.2, 0.25) is 0 Å². The van der Waals surface area contributed by atoms with Gasteiger partial charge in [0.2, 0.25) is 11.1 Å². The first-order valence-electron chi connectivity index (χ1n) is 9.89. The van der Waals surface area contributed by atoms with Gasteiger partial charge in [-0.3, -0.25) is 19.3 Å². The van der Waals surface area contributed by atoms with Gasteiger partial charge in [-0.05, 0) is 21.6 Å². The molecule has 1 aromatic carbocycles. The molecule has 34 heavy (non-hydrogen) atoms. The zero-order valence-electron chi connectivity index (χ0n) is 17.4. The molecule has 0 radical (unpaired) electrons. The zero-order chi connectivity index (χ0) is 24.4. The number of carbonyl (C=O) groups excluding carboxylic acids is 2. The molecular formula is C19H19N7O6S2. The van der Waals surface area contributed by atoms with E-state index in [0.29, 0.717) is 16.9 Å². The molecule has 1 saturated heterocycles. The predicted molar refractivity (Wildman–Crippen MR) is 119 cm³/mol. The number of carboxylic acid groups (broad SMARTS) is 2. The van der Waals surface area contributed by atoms with E-state index in [0.717, 1.165) is 21.3 Å². The topological polar surface area (TPSA) is 194 Å². The highest BCUT2D eigenvalue weighted by molar-refractivity contribution is 8.01. The van der Waals surface area contributed by atoms with Crippen molar-refractivity contribution in [3.8, 4) is 0 Å². The van der Waals surface area contributed by atoms with Gasteiger partial charge in [-0.15, -0.1) is 16.9 Å². The Morgan fingerprint density at radius 2 is 2.00 bits per heavy atom. The van der Waals surface area contributed by atoms with Crippen molar-refractivity contribution in [1.29, 1.82) is 0 Å². The van der Waals surface area contributed by atoms with Crippen molar-refractivity contribution in [2.45, 2.75) is 29.2 Å². The third kappa shape index (κ3) is 4.62. The van der Waals surface area contributed by atoms with Crippen LogP contribution in [0.3, 0.4) is 0 Å². The van der Waals surface area contributed by atoms with Crippen LogP contribution in [0, 0.1) is 0 Å². The van der Waals surface area contributed by atoms with E-state index >= 15 is 0 Å². The first kappa shape index (κ1) is 23.7. The normalized spacial score (nSPS) is 20.4. The molecule has 1 fully saturated rings. The molecule has 0 aliphatic carbocycles. The first-order chi connectivity index (χ1) is 16.3. The maximum Gasteiger partial charge on any atom is 0.352 e. The lowest BCUT2D eigenvalue weighted by Gasteiger charge is -2.49. The molecule has 15 heteroatoms. The van der Waals surface area contributed by atoms with Gasteiger partial charge >= 0.3 is 11.9 Å². The SMILES string of the molecule is NC(C(=O)NC1C(=O)N2C(C(=O)O)=C(CSc3nnnn3CC(=O)O)CS[C@H]12)c1ccccc1. The lowest BCUT2D eigenvalue weighted by molar-refractivity contribution is -0.150. The number of hydrogen-bond acceptors (Lipinski definition) is 10. The van der Waals surface area contributed by atoms with Gasteiger partial charge in [0.05, 0.1) is 0 Å². The number of nitrogens with one attached hydrogen (secondary N) is 1. The molecule has 3 heterocycles. The maximum atomic E-state index is 12.8. The third-order valence-electron chi connectivity index (χ3n) is 5.15. The summed E-state index contributed by atoms with van der Waals surface area (Å²) in [5.74, 6) is -3.03. The van der Waals surface area contributed by atoms with E-state index in [1.807, 2.05) is 0 Å². The van der Waals surface area contributed by atoms with Crippen LogP contribution < -0.4 is 11.1 Å². The number of rotatable bonds is 9. The lowest BCUT2D eigenvalue weighted by Crippen LogP contribution is -2.71. The molecule has 2 unspecified atom stereocenters. The van der Waals surface area contributed by atoms with Gasteiger partial charge in [0.1, 0.15) is 29.7 Å². The van der Waals surface area contributed by atoms with E-state index in [-0.39, 0.29) is 16.6 Å².